The van der Waals surface area contributed by atoms with Gasteiger partial charge in [0.1, 0.15) is 11.8 Å². The van der Waals surface area contributed by atoms with E-state index in [1.54, 1.807) is 31.2 Å². The molecule has 0 aromatic heterocycles. The van der Waals surface area contributed by atoms with Gasteiger partial charge in [-0.15, -0.1) is 0 Å². The van der Waals surface area contributed by atoms with E-state index in [0.717, 1.165) is 25.7 Å². The molecule has 0 saturated heterocycles. The van der Waals surface area contributed by atoms with E-state index in [1.165, 1.54) is 0 Å². The van der Waals surface area contributed by atoms with E-state index in [1.807, 2.05) is 6.07 Å². The standard InChI is InChI=1S/C15H21ClNO4P/c1-2-20-15(18)14(12-8-6-7-9-12)17-22(16,19)21-13-10-4-3-5-11-13/h3-5,10-12,14H,2,6-9H2,1H3,(H,17,19)/t14-,22?/m0/s1. The Labute approximate surface area is 135 Å². The van der Waals surface area contributed by atoms with Gasteiger partial charge in [0, 0.05) is 11.2 Å². The first-order valence-corrected chi connectivity index (χ1v) is 10.0. The van der Waals surface area contributed by atoms with Gasteiger partial charge < -0.3 is 9.26 Å². The first-order chi connectivity index (χ1) is 10.5. The minimum Gasteiger partial charge on any atom is -0.465 e. The molecule has 122 valence electrons. The largest absolute Gasteiger partial charge is 0.465 e. The fourth-order valence-corrected chi connectivity index (χ4v) is 4.33. The topological polar surface area (TPSA) is 64.6 Å². The fourth-order valence-electron chi connectivity index (χ4n) is 2.68. The number of esters is 1. The molecule has 0 radical (unpaired) electrons. The van der Waals surface area contributed by atoms with Crippen molar-refractivity contribution >= 4 is 24.1 Å². The van der Waals surface area contributed by atoms with Gasteiger partial charge in [-0.3, -0.25) is 4.79 Å². The van der Waals surface area contributed by atoms with Gasteiger partial charge in [0.2, 0.25) is 0 Å². The molecule has 0 aliphatic heterocycles. The van der Waals surface area contributed by atoms with Crippen LogP contribution in [-0.2, 0) is 14.1 Å². The highest BCUT2D eigenvalue weighted by atomic mass is 35.7. The van der Waals surface area contributed by atoms with Crippen LogP contribution in [-0.4, -0.2) is 18.6 Å². The number of halogens is 1. The maximum absolute atomic E-state index is 12.5. The number of hydrogen-bond donors (Lipinski definition) is 1. The zero-order valence-corrected chi connectivity index (χ0v) is 14.2. The summed E-state index contributed by atoms with van der Waals surface area (Å²) in [7, 11) is 0. The molecule has 1 fully saturated rings. The molecule has 1 aliphatic carbocycles. The van der Waals surface area contributed by atoms with Crippen LogP contribution in [0.4, 0.5) is 0 Å². The second kappa shape index (κ2) is 8.00. The van der Waals surface area contributed by atoms with Crippen molar-refractivity contribution in [2.24, 2.45) is 5.92 Å². The summed E-state index contributed by atoms with van der Waals surface area (Å²) in [4.78, 5) is 12.1. The van der Waals surface area contributed by atoms with Crippen molar-refractivity contribution < 1.29 is 18.6 Å². The Morgan fingerprint density at radius 2 is 2.00 bits per heavy atom. The van der Waals surface area contributed by atoms with Crippen LogP contribution in [0.5, 0.6) is 5.75 Å². The lowest BCUT2D eigenvalue weighted by Gasteiger charge is -2.25. The van der Waals surface area contributed by atoms with Gasteiger partial charge in [0.05, 0.1) is 6.61 Å². The minimum absolute atomic E-state index is 0.0745. The average molecular weight is 346 g/mol. The molecule has 5 nitrogen and oxygen atoms in total. The van der Waals surface area contributed by atoms with Gasteiger partial charge in [-0.1, -0.05) is 31.0 Å². The quantitative estimate of drug-likeness (QED) is 0.594. The van der Waals surface area contributed by atoms with E-state index in [-0.39, 0.29) is 12.5 Å². The van der Waals surface area contributed by atoms with Crippen LogP contribution < -0.4 is 9.61 Å². The summed E-state index contributed by atoms with van der Waals surface area (Å²) < 4.78 is 22.9. The molecule has 1 aromatic carbocycles. The Morgan fingerprint density at radius 1 is 1.36 bits per heavy atom. The second-order valence-electron chi connectivity index (χ2n) is 5.29. The lowest BCUT2D eigenvalue weighted by molar-refractivity contribution is -0.146. The van der Waals surface area contributed by atoms with Crippen molar-refractivity contribution in [1.29, 1.82) is 0 Å². The third-order valence-corrected chi connectivity index (χ3v) is 5.20. The van der Waals surface area contributed by atoms with Crippen LogP contribution in [0.2, 0.25) is 0 Å². The molecular weight excluding hydrogens is 325 g/mol. The molecule has 0 heterocycles. The van der Waals surface area contributed by atoms with E-state index >= 15 is 0 Å². The van der Waals surface area contributed by atoms with E-state index in [0.29, 0.717) is 5.75 Å². The smallest absolute Gasteiger partial charge is 0.409 e. The zero-order valence-electron chi connectivity index (χ0n) is 12.5. The number of benzene rings is 1. The Hall–Kier alpha value is -1.03. The SMILES string of the molecule is CCOC(=O)[C@@H](NP(=O)(Cl)Oc1ccccc1)C1CCCC1. The number of rotatable bonds is 7. The average Bonchev–Trinajstić information content (AvgIpc) is 2.99. The molecule has 0 spiro atoms. The lowest BCUT2D eigenvalue weighted by Crippen LogP contribution is -2.41. The number of para-hydroxylation sites is 1. The molecule has 0 bridgehead atoms. The minimum atomic E-state index is -3.68. The summed E-state index contributed by atoms with van der Waals surface area (Å²) in [5.41, 5.74) is 0. The highest BCUT2D eigenvalue weighted by molar-refractivity contribution is 7.84. The summed E-state index contributed by atoms with van der Waals surface area (Å²) in [6, 6.07) is 7.95. The number of nitrogens with one attached hydrogen (secondary N) is 1. The first-order valence-electron chi connectivity index (χ1n) is 7.50. The van der Waals surface area contributed by atoms with Gasteiger partial charge in [0.25, 0.3) is 0 Å². The molecule has 1 saturated carbocycles. The van der Waals surface area contributed by atoms with Crippen LogP contribution in [0.3, 0.4) is 0 Å². The monoisotopic (exact) mass is 345 g/mol. The van der Waals surface area contributed by atoms with Crippen molar-refractivity contribution in [2.75, 3.05) is 6.61 Å². The van der Waals surface area contributed by atoms with Crippen LogP contribution >= 0.6 is 18.1 Å². The lowest BCUT2D eigenvalue weighted by atomic mass is 9.99. The zero-order chi connectivity index (χ0) is 16.0. The molecule has 1 N–H and O–H groups in total. The summed E-state index contributed by atoms with van der Waals surface area (Å²) >= 11 is 6.00. The Kier molecular flexibility index (Phi) is 6.30. The molecule has 22 heavy (non-hydrogen) atoms. The predicted octanol–water partition coefficient (Wildman–Crippen LogP) is 4.12. The predicted molar refractivity (Wildman–Crippen MR) is 86.0 cm³/mol. The highest BCUT2D eigenvalue weighted by Crippen LogP contribution is 2.49. The maximum atomic E-state index is 12.5. The van der Waals surface area contributed by atoms with Crippen molar-refractivity contribution in [3.63, 3.8) is 0 Å². The molecular formula is C15H21ClNO4P. The first kappa shape index (κ1) is 17.3. The van der Waals surface area contributed by atoms with Crippen LogP contribution in [0.15, 0.2) is 30.3 Å². The Balaban J connectivity index is 2.07. The van der Waals surface area contributed by atoms with Gasteiger partial charge in [-0.05, 0) is 37.8 Å². The van der Waals surface area contributed by atoms with Gasteiger partial charge in [0.15, 0.2) is 0 Å². The van der Waals surface area contributed by atoms with Crippen LogP contribution in [0.1, 0.15) is 32.6 Å². The number of ether oxygens (including phenoxy) is 1. The molecule has 2 rings (SSSR count). The van der Waals surface area contributed by atoms with E-state index in [9.17, 15) is 9.36 Å². The molecule has 7 heteroatoms. The molecule has 2 atom stereocenters. The van der Waals surface area contributed by atoms with Crippen molar-refractivity contribution in [3.05, 3.63) is 30.3 Å². The fraction of sp³-hybridized carbons (Fsp3) is 0.533. The molecule has 1 aromatic rings. The number of carbonyl (C=O) groups excluding carboxylic acids is 1. The molecule has 0 amide bonds. The molecule has 1 aliphatic rings. The van der Waals surface area contributed by atoms with E-state index in [2.05, 4.69) is 5.09 Å². The van der Waals surface area contributed by atoms with Crippen molar-refractivity contribution in [2.45, 2.75) is 38.6 Å². The van der Waals surface area contributed by atoms with Crippen LogP contribution in [0, 0.1) is 5.92 Å². The second-order valence-corrected chi connectivity index (χ2v) is 8.02. The van der Waals surface area contributed by atoms with Crippen molar-refractivity contribution in [3.8, 4) is 5.75 Å². The van der Waals surface area contributed by atoms with Crippen molar-refractivity contribution in [1.82, 2.24) is 5.09 Å². The van der Waals surface area contributed by atoms with Gasteiger partial charge in [-0.25, -0.2) is 9.65 Å². The summed E-state index contributed by atoms with van der Waals surface area (Å²) in [5.74, 6) is 0.0415. The van der Waals surface area contributed by atoms with E-state index < -0.39 is 18.9 Å². The van der Waals surface area contributed by atoms with Gasteiger partial charge in [-0.2, -0.15) is 0 Å². The third-order valence-electron chi connectivity index (χ3n) is 3.67. The Bertz CT molecular complexity index is 534. The summed E-state index contributed by atoms with van der Waals surface area (Å²) in [5, 5.41) is 2.69. The normalized spacial score (nSPS) is 19.4. The van der Waals surface area contributed by atoms with E-state index in [4.69, 9.17) is 20.5 Å². The number of hydrogen-bond acceptors (Lipinski definition) is 4. The summed E-state index contributed by atoms with van der Waals surface area (Å²) in [6.45, 7) is -1.67. The number of carbonyl (C=O) groups is 1. The highest BCUT2D eigenvalue weighted by Gasteiger charge is 2.37. The Morgan fingerprint density at radius 3 is 2.59 bits per heavy atom. The van der Waals surface area contributed by atoms with Gasteiger partial charge >= 0.3 is 12.8 Å². The third kappa shape index (κ3) is 5.01. The summed E-state index contributed by atoms with van der Waals surface area (Å²) in [6.07, 6.45) is 3.88. The molecule has 1 unspecified atom stereocenters. The van der Waals surface area contributed by atoms with Crippen LogP contribution in [0.25, 0.3) is 0 Å². The maximum Gasteiger partial charge on any atom is 0.409 e.